The molecule has 1 atom stereocenters. The summed E-state index contributed by atoms with van der Waals surface area (Å²) >= 11 is 0. The number of nitrogens with one attached hydrogen (secondary N) is 1. The van der Waals surface area contributed by atoms with Gasteiger partial charge in [-0.05, 0) is 42.8 Å². The van der Waals surface area contributed by atoms with Crippen LogP contribution in [0.25, 0.3) is 0 Å². The molecule has 0 fully saturated rings. The zero-order valence-corrected chi connectivity index (χ0v) is 15.4. The first kappa shape index (κ1) is 18.8. The Morgan fingerprint density at radius 1 is 1.07 bits per heavy atom. The molecule has 27 heavy (non-hydrogen) atoms. The maximum Gasteiger partial charge on any atom is 0.287 e. The highest BCUT2D eigenvalue weighted by molar-refractivity contribution is 7.90. The Labute approximate surface area is 156 Å². The second kappa shape index (κ2) is 7.75. The Morgan fingerprint density at radius 2 is 1.74 bits per heavy atom. The number of carbonyl (C=O) groups excluding carboxylic acids is 1. The fourth-order valence-electron chi connectivity index (χ4n) is 2.66. The Morgan fingerprint density at radius 3 is 2.41 bits per heavy atom. The van der Waals surface area contributed by atoms with Gasteiger partial charge in [0.05, 0.1) is 23.0 Å². The van der Waals surface area contributed by atoms with Crippen molar-refractivity contribution in [3.63, 3.8) is 0 Å². The van der Waals surface area contributed by atoms with E-state index in [4.69, 9.17) is 4.42 Å². The molecular formula is C20H18FNO4S. The first-order valence-electron chi connectivity index (χ1n) is 8.27. The molecule has 0 saturated carbocycles. The quantitative estimate of drug-likeness (QED) is 0.696. The number of sulfone groups is 1. The van der Waals surface area contributed by atoms with Crippen LogP contribution in [0, 0.1) is 5.82 Å². The average molecular weight is 387 g/mol. The van der Waals surface area contributed by atoms with Crippen molar-refractivity contribution in [3.05, 3.63) is 89.6 Å². The summed E-state index contributed by atoms with van der Waals surface area (Å²) < 4.78 is 43.3. The fraction of sp³-hybridized carbons (Fsp3) is 0.150. The predicted molar refractivity (Wildman–Crippen MR) is 98.3 cm³/mol. The second-order valence-electron chi connectivity index (χ2n) is 6.09. The largest absolute Gasteiger partial charge is 0.459 e. The molecule has 7 heteroatoms. The highest BCUT2D eigenvalue weighted by atomic mass is 32.2. The average Bonchev–Trinajstić information content (AvgIpc) is 3.10. The molecule has 140 valence electrons. The van der Waals surface area contributed by atoms with Gasteiger partial charge in [-0.15, -0.1) is 0 Å². The Bertz CT molecular complexity index is 1030. The number of halogens is 1. The number of hydrogen-bond acceptors (Lipinski definition) is 4. The summed E-state index contributed by atoms with van der Waals surface area (Å²) in [6, 6.07) is 14.8. The molecule has 0 spiro atoms. The van der Waals surface area contributed by atoms with Gasteiger partial charge in [0.15, 0.2) is 15.6 Å². The monoisotopic (exact) mass is 387 g/mol. The molecule has 0 aliphatic rings. The van der Waals surface area contributed by atoms with Crippen molar-refractivity contribution in [1.29, 1.82) is 0 Å². The molecule has 1 N–H and O–H groups in total. The topological polar surface area (TPSA) is 76.4 Å². The minimum absolute atomic E-state index is 0.0523. The highest BCUT2D eigenvalue weighted by Crippen LogP contribution is 2.21. The molecule has 3 rings (SSSR count). The normalized spacial score (nSPS) is 12.5. The van der Waals surface area contributed by atoms with E-state index in [2.05, 4.69) is 5.32 Å². The summed E-state index contributed by atoms with van der Waals surface area (Å²) in [6.45, 7) is 1.74. The van der Waals surface area contributed by atoms with Crippen LogP contribution in [0.15, 0.2) is 76.2 Å². The third kappa shape index (κ3) is 4.43. The van der Waals surface area contributed by atoms with Crippen molar-refractivity contribution < 1.29 is 22.0 Å². The highest BCUT2D eigenvalue weighted by Gasteiger charge is 2.23. The molecule has 0 saturated heterocycles. The van der Waals surface area contributed by atoms with Gasteiger partial charge in [0, 0.05) is 5.56 Å². The fourth-order valence-corrected chi connectivity index (χ4v) is 4.04. The van der Waals surface area contributed by atoms with Crippen molar-refractivity contribution in [3.8, 4) is 0 Å². The van der Waals surface area contributed by atoms with Crippen molar-refractivity contribution in [2.45, 2.75) is 23.6 Å². The van der Waals surface area contributed by atoms with Crippen LogP contribution in [0.5, 0.6) is 0 Å². The number of benzene rings is 2. The lowest BCUT2D eigenvalue weighted by atomic mass is 10.1. The van der Waals surface area contributed by atoms with E-state index < -0.39 is 21.8 Å². The molecule has 0 radical (unpaired) electrons. The molecule has 3 aromatic rings. The summed E-state index contributed by atoms with van der Waals surface area (Å²) in [4.78, 5) is 12.7. The van der Waals surface area contributed by atoms with Crippen LogP contribution in [0.3, 0.4) is 0 Å². The Balaban J connectivity index is 1.76. The molecule has 0 aliphatic carbocycles. The molecule has 2 aromatic carbocycles. The van der Waals surface area contributed by atoms with Crippen LogP contribution in [0.1, 0.15) is 34.6 Å². The van der Waals surface area contributed by atoms with Crippen molar-refractivity contribution >= 4 is 15.7 Å². The first-order valence-corrected chi connectivity index (χ1v) is 9.92. The van der Waals surface area contributed by atoms with E-state index in [9.17, 15) is 17.6 Å². The smallest absolute Gasteiger partial charge is 0.287 e. The molecule has 0 bridgehead atoms. The molecular weight excluding hydrogens is 369 g/mol. The standard InChI is InChI=1S/C20H18FNO4S/c1-14(15-7-9-17(21)10-8-15)22-20(23)19-16(11-12-26-19)13-27(24,25)18-5-3-2-4-6-18/h2-12,14H,13H2,1H3,(H,22,23). The zero-order chi connectivity index (χ0) is 19.4. The van der Waals surface area contributed by atoms with Gasteiger partial charge in [-0.2, -0.15) is 0 Å². The van der Waals surface area contributed by atoms with E-state index in [0.29, 0.717) is 0 Å². The Kier molecular flexibility index (Phi) is 5.41. The van der Waals surface area contributed by atoms with Gasteiger partial charge in [-0.25, -0.2) is 12.8 Å². The van der Waals surface area contributed by atoms with Crippen LogP contribution in [0.4, 0.5) is 4.39 Å². The van der Waals surface area contributed by atoms with Gasteiger partial charge < -0.3 is 9.73 Å². The lowest BCUT2D eigenvalue weighted by Crippen LogP contribution is -2.27. The van der Waals surface area contributed by atoms with Gasteiger partial charge in [0.2, 0.25) is 0 Å². The van der Waals surface area contributed by atoms with Gasteiger partial charge >= 0.3 is 0 Å². The molecule has 5 nitrogen and oxygen atoms in total. The van der Waals surface area contributed by atoms with Gasteiger partial charge in [-0.1, -0.05) is 30.3 Å². The lowest BCUT2D eigenvalue weighted by Gasteiger charge is -2.14. The number of rotatable bonds is 6. The number of furan rings is 1. The third-order valence-corrected chi connectivity index (χ3v) is 5.80. The van der Waals surface area contributed by atoms with E-state index in [1.165, 1.54) is 36.6 Å². The SMILES string of the molecule is CC(NC(=O)c1occc1CS(=O)(=O)c1ccccc1)c1ccc(F)cc1. The summed E-state index contributed by atoms with van der Waals surface area (Å²) in [7, 11) is -3.61. The molecule has 1 heterocycles. The lowest BCUT2D eigenvalue weighted by molar-refractivity contribution is 0.0911. The van der Waals surface area contributed by atoms with Crippen LogP contribution < -0.4 is 5.32 Å². The predicted octanol–water partition coefficient (Wildman–Crippen LogP) is 3.88. The van der Waals surface area contributed by atoms with Crippen LogP contribution in [-0.4, -0.2) is 14.3 Å². The summed E-state index contributed by atoms with van der Waals surface area (Å²) in [6.07, 6.45) is 1.29. The van der Waals surface area contributed by atoms with E-state index >= 15 is 0 Å². The van der Waals surface area contributed by atoms with Crippen LogP contribution in [0.2, 0.25) is 0 Å². The zero-order valence-electron chi connectivity index (χ0n) is 14.6. The number of carbonyl (C=O) groups is 1. The van der Waals surface area contributed by atoms with E-state index in [1.54, 1.807) is 37.3 Å². The third-order valence-electron chi connectivity index (χ3n) is 4.12. The maximum atomic E-state index is 13.0. The van der Waals surface area contributed by atoms with Gasteiger partial charge in [0.25, 0.3) is 5.91 Å². The molecule has 0 aliphatic heterocycles. The van der Waals surface area contributed by atoms with Crippen LogP contribution in [-0.2, 0) is 15.6 Å². The van der Waals surface area contributed by atoms with Gasteiger partial charge in [0.1, 0.15) is 5.82 Å². The molecule has 1 aromatic heterocycles. The van der Waals surface area contributed by atoms with E-state index in [-0.39, 0.29) is 27.8 Å². The summed E-state index contributed by atoms with van der Waals surface area (Å²) in [5.41, 5.74) is 0.998. The molecule has 1 unspecified atom stereocenters. The van der Waals surface area contributed by atoms with Crippen LogP contribution >= 0.6 is 0 Å². The van der Waals surface area contributed by atoms with Gasteiger partial charge in [-0.3, -0.25) is 4.79 Å². The minimum atomic E-state index is -3.61. The summed E-state index contributed by atoms with van der Waals surface area (Å²) in [5, 5.41) is 2.73. The molecule has 1 amide bonds. The number of hydrogen-bond donors (Lipinski definition) is 1. The van der Waals surface area contributed by atoms with E-state index in [1.807, 2.05) is 0 Å². The van der Waals surface area contributed by atoms with Crippen molar-refractivity contribution in [2.24, 2.45) is 0 Å². The minimum Gasteiger partial charge on any atom is -0.459 e. The Hall–Kier alpha value is -2.93. The first-order chi connectivity index (χ1) is 12.9. The number of amides is 1. The van der Waals surface area contributed by atoms with E-state index in [0.717, 1.165) is 5.56 Å². The summed E-state index contributed by atoms with van der Waals surface area (Å²) in [5.74, 6) is -1.29. The van der Waals surface area contributed by atoms with Crippen molar-refractivity contribution in [1.82, 2.24) is 5.32 Å². The second-order valence-corrected chi connectivity index (χ2v) is 8.08. The van der Waals surface area contributed by atoms with Crippen molar-refractivity contribution in [2.75, 3.05) is 0 Å². The maximum absolute atomic E-state index is 13.0.